The largest absolute Gasteiger partial charge is 0.304 e. The van der Waals surface area contributed by atoms with Gasteiger partial charge in [-0.3, -0.25) is 4.79 Å². The topological polar surface area (TPSA) is 34.4 Å². The standard InChI is InChI=1S/C21H22N2O/c1-13-14(2)23-11-10-16-17(20(23)22-13)12-18(21(3,4)19(16)24)15-8-6-5-7-9-15/h5-11,18H,12H2,1-4H3. The second-order valence-corrected chi connectivity index (χ2v) is 7.40. The predicted molar refractivity (Wildman–Crippen MR) is 95.7 cm³/mol. The minimum absolute atomic E-state index is 0.169. The molecule has 1 unspecified atom stereocenters. The van der Waals surface area contributed by atoms with Gasteiger partial charge in [0, 0.05) is 34.4 Å². The number of hydrogen-bond acceptors (Lipinski definition) is 2. The average molecular weight is 318 g/mol. The van der Waals surface area contributed by atoms with Gasteiger partial charge in [0.05, 0.1) is 5.69 Å². The molecule has 0 N–H and O–H groups in total. The normalized spacial score (nSPS) is 19.5. The number of ketones is 1. The first-order valence-corrected chi connectivity index (χ1v) is 8.48. The fraction of sp³-hybridized carbons (Fsp3) is 0.333. The number of carbonyl (C=O) groups is 1. The molecule has 122 valence electrons. The van der Waals surface area contributed by atoms with Crippen LogP contribution in [0.25, 0.3) is 5.65 Å². The molecule has 0 spiro atoms. The number of pyridine rings is 1. The molecule has 24 heavy (non-hydrogen) atoms. The van der Waals surface area contributed by atoms with Gasteiger partial charge in [0.25, 0.3) is 0 Å². The van der Waals surface area contributed by atoms with Gasteiger partial charge in [-0.15, -0.1) is 0 Å². The Morgan fingerprint density at radius 3 is 2.54 bits per heavy atom. The highest BCUT2D eigenvalue weighted by Gasteiger charge is 2.43. The van der Waals surface area contributed by atoms with Crippen molar-refractivity contribution in [1.29, 1.82) is 0 Å². The van der Waals surface area contributed by atoms with Crippen LogP contribution in [0.2, 0.25) is 0 Å². The number of Topliss-reactive ketones (excluding diaryl/α,β-unsaturated/α-hetero) is 1. The summed E-state index contributed by atoms with van der Waals surface area (Å²) in [6, 6.07) is 12.4. The van der Waals surface area contributed by atoms with Crippen molar-refractivity contribution >= 4 is 11.4 Å². The number of hydrogen-bond donors (Lipinski definition) is 0. The van der Waals surface area contributed by atoms with Crippen molar-refractivity contribution in [3.63, 3.8) is 0 Å². The summed E-state index contributed by atoms with van der Waals surface area (Å²) in [7, 11) is 0. The number of carbonyl (C=O) groups excluding carboxylic acids is 1. The zero-order valence-corrected chi connectivity index (χ0v) is 14.6. The van der Waals surface area contributed by atoms with Crippen LogP contribution in [-0.4, -0.2) is 15.2 Å². The van der Waals surface area contributed by atoms with Crippen molar-refractivity contribution in [3.8, 4) is 0 Å². The molecule has 0 amide bonds. The molecule has 2 aromatic heterocycles. The molecule has 3 nitrogen and oxygen atoms in total. The van der Waals surface area contributed by atoms with E-state index in [4.69, 9.17) is 4.98 Å². The maximum Gasteiger partial charge on any atom is 0.169 e. The molecule has 0 bridgehead atoms. The summed E-state index contributed by atoms with van der Waals surface area (Å²) in [5.74, 6) is 0.389. The van der Waals surface area contributed by atoms with Crippen LogP contribution in [0.15, 0.2) is 42.6 Å². The molecule has 0 radical (unpaired) electrons. The Bertz CT molecular complexity index is 951. The van der Waals surface area contributed by atoms with Gasteiger partial charge in [-0.05, 0) is 31.9 Å². The Hall–Kier alpha value is -2.42. The molecule has 3 aromatic rings. The van der Waals surface area contributed by atoms with Crippen molar-refractivity contribution in [3.05, 3.63) is 70.7 Å². The van der Waals surface area contributed by atoms with E-state index in [1.165, 1.54) is 5.56 Å². The molecule has 3 heteroatoms. The number of aryl methyl sites for hydroxylation is 2. The Kier molecular flexibility index (Phi) is 3.17. The smallest absolute Gasteiger partial charge is 0.169 e. The van der Waals surface area contributed by atoms with Gasteiger partial charge in [-0.25, -0.2) is 4.98 Å². The maximum atomic E-state index is 13.2. The number of nitrogens with zero attached hydrogens (tertiary/aromatic N) is 2. The molecular weight excluding hydrogens is 296 g/mol. The minimum Gasteiger partial charge on any atom is -0.304 e. The van der Waals surface area contributed by atoms with E-state index in [1.54, 1.807) is 0 Å². The Labute approximate surface area is 142 Å². The second kappa shape index (κ2) is 5.04. The number of aromatic nitrogens is 2. The van der Waals surface area contributed by atoms with Crippen LogP contribution >= 0.6 is 0 Å². The second-order valence-electron chi connectivity index (χ2n) is 7.40. The van der Waals surface area contributed by atoms with Gasteiger partial charge in [0.1, 0.15) is 5.65 Å². The molecular formula is C21H22N2O. The molecule has 0 fully saturated rings. The SMILES string of the molecule is Cc1nc2c3c(ccn2c1C)C(=O)C(C)(C)C(c1ccccc1)C3. The highest BCUT2D eigenvalue weighted by atomic mass is 16.1. The summed E-state index contributed by atoms with van der Waals surface area (Å²) in [5, 5.41) is 0. The van der Waals surface area contributed by atoms with Crippen molar-refractivity contribution in [2.24, 2.45) is 5.41 Å². The molecule has 0 saturated carbocycles. The Balaban J connectivity index is 1.96. The van der Waals surface area contributed by atoms with Crippen LogP contribution in [0.1, 0.15) is 52.6 Å². The molecule has 4 rings (SSSR count). The lowest BCUT2D eigenvalue weighted by atomic mass is 9.63. The lowest BCUT2D eigenvalue weighted by Gasteiger charge is -2.38. The van der Waals surface area contributed by atoms with Crippen LogP contribution in [0.5, 0.6) is 0 Å². The third-order valence-corrected chi connectivity index (χ3v) is 5.68. The average Bonchev–Trinajstić information content (AvgIpc) is 2.86. The third kappa shape index (κ3) is 1.97. The number of benzene rings is 1. The Morgan fingerprint density at radius 2 is 1.83 bits per heavy atom. The number of imidazole rings is 1. The van der Waals surface area contributed by atoms with Crippen molar-refractivity contribution < 1.29 is 4.79 Å². The maximum absolute atomic E-state index is 13.2. The highest BCUT2D eigenvalue weighted by Crippen LogP contribution is 2.46. The van der Waals surface area contributed by atoms with Crippen LogP contribution in [0, 0.1) is 19.3 Å². The quantitative estimate of drug-likeness (QED) is 0.662. The molecule has 1 aliphatic carbocycles. The molecule has 2 heterocycles. The summed E-state index contributed by atoms with van der Waals surface area (Å²) in [4.78, 5) is 18.0. The first kappa shape index (κ1) is 15.1. The van der Waals surface area contributed by atoms with E-state index in [-0.39, 0.29) is 11.7 Å². The van der Waals surface area contributed by atoms with E-state index in [0.29, 0.717) is 0 Å². The van der Waals surface area contributed by atoms with Gasteiger partial charge in [-0.2, -0.15) is 0 Å². The van der Waals surface area contributed by atoms with Crippen molar-refractivity contribution in [2.45, 2.75) is 40.0 Å². The van der Waals surface area contributed by atoms with Gasteiger partial charge < -0.3 is 4.40 Å². The van der Waals surface area contributed by atoms with Crippen LogP contribution in [0.4, 0.5) is 0 Å². The van der Waals surface area contributed by atoms with Gasteiger partial charge in [0.2, 0.25) is 0 Å². The highest BCUT2D eigenvalue weighted by molar-refractivity contribution is 6.04. The van der Waals surface area contributed by atoms with Crippen LogP contribution in [0.3, 0.4) is 0 Å². The number of rotatable bonds is 1. The lowest BCUT2D eigenvalue weighted by Crippen LogP contribution is -2.38. The summed E-state index contributed by atoms with van der Waals surface area (Å²) < 4.78 is 2.11. The van der Waals surface area contributed by atoms with E-state index >= 15 is 0 Å². The first-order chi connectivity index (χ1) is 11.4. The predicted octanol–water partition coefficient (Wildman–Crippen LogP) is 4.50. The molecule has 1 atom stereocenters. The summed E-state index contributed by atoms with van der Waals surface area (Å²) in [6.07, 6.45) is 2.83. The zero-order valence-electron chi connectivity index (χ0n) is 14.6. The molecule has 1 aromatic carbocycles. The van der Waals surface area contributed by atoms with Gasteiger partial charge in [-0.1, -0.05) is 44.2 Å². The monoisotopic (exact) mass is 318 g/mol. The summed E-state index contributed by atoms with van der Waals surface area (Å²) in [5.41, 5.74) is 5.84. The first-order valence-electron chi connectivity index (χ1n) is 8.48. The van der Waals surface area contributed by atoms with Crippen molar-refractivity contribution in [1.82, 2.24) is 9.38 Å². The Morgan fingerprint density at radius 1 is 1.12 bits per heavy atom. The van der Waals surface area contributed by atoms with Crippen molar-refractivity contribution in [2.75, 3.05) is 0 Å². The summed E-state index contributed by atoms with van der Waals surface area (Å²) in [6.45, 7) is 8.24. The third-order valence-electron chi connectivity index (χ3n) is 5.68. The molecule has 0 saturated heterocycles. The van der Waals surface area contributed by atoms with E-state index in [0.717, 1.165) is 34.6 Å². The fourth-order valence-electron chi connectivity index (χ4n) is 3.99. The van der Waals surface area contributed by atoms with Gasteiger partial charge >= 0.3 is 0 Å². The summed E-state index contributed by atoms with van der Waals surface area (Å²) >= 11 is 0. The zero-order chi connectivity index (χ0) is 17.1. The molecule has 1 aliphatic rings. The van der Waals surface area contributed by atoms with Crippen LogP contribution in [-0.2, 0) is 6.42 Å². The van der Waals surface area contributed by atoms with Crippen LogP contribution < -0.4 is 0 Å². The van der Waals surface area contributed by atoms with E-state index in [9.17, 15) is 4.79 Å². The number of fused-ring (bicyclic) bond motifs is 3. The fourth-order valence-corrected chi connectivity index (χ4v) is 3.99. The van der Waals surface area contributed by atoms with E-state index < -0.39 is 5.41 Å². The van der Waals surface area contributed by atoms with E-state index in [2.05, 4.69) is 49.4 Å². The minimum atomic E-state index is -0.413. The molecule has 0 aliphatic heterocycles. The van der Waals surface area contributed by atoms with Gasteiger partial charge in [0.15, 0.2) is 5.78 Å². The lowest BCUT2D eigenvalue weighted by molar-refractivity contribution is 0.0778. The van der Waals surface area contributed by atoms with E-state index in [1.807, 2.05) is 25.3 Å².